The molecule has 0 saturated carbocycles. The number of fused-ring (bicyclic) bond motifs is 10. The normalized spacial score (nSPS) is 14.6. The van der Waals surface area contributed by atoms with Crippen LogP contribution in [0.15, 0.2) is 103 Å². The monoisotopic (exact) mass is 538 g/mol. The first-order valence-electron chi connectivity index (χ1n) is 14.3. The van der Waals surface area contributed by atoms with E-state index in [9.17, 15) is 0 Å². The molecule has 0 aromatic heterocycles. The van der Waals surface area contributed by atoms with E-state index in [-0.39, 0.29) is 16.2 Å². The maximum atomic E-state index is 6.46. The second kappa shape index (κ2) is 8.45. The highest BCUT2D eigenvalue weighted by molar-refractivity contribution is 6.30. The summed E-state index contributed by atoms with van der Waals surface area (Å²) in [5.74, 6) is 0. The van der Waals surface area contributed by atoms with Crippen molar-refractivity contribution in [2.75, 3.05) is 0 Å². The zero-order valence-electron chi connectivity index (χ0n) is 24.2. The highest BCUT2D eigenvalue weighted by Crippen LogP contribution is 2.63. The molecule has 0 nitrogen and oxygen atoms in total. The largest absolute Gasteiger partial charge is 0.0843 e. The summed E-state index contributed by atoms with van der Waals surface area (Å²) in [4.78, 5) is 0. The Hall–Kier alpha value is -3.61. The fourth-order valence-electron chi connectivity index (χ4n) is 6.96. The molecule has 0 bridgehead atoms. The molecule has 0 aliphatic heterocycles. The van der Waals surface area contributed by atoms with Crippen LogP contribution in [0.4, 0.5) is 0 Å². The Labute approximate surface area is 243 Å². The van der Waals surface area contributed by atoms with Crippen molar-refractivity contribution in [2.45, 2.75) is 57.8 Å². The van der Waals surface area contributed by atoms with Crippen LogP contribution < -0.4 is 0 Å². The summed E-state index contributed by atoms with van der Waals surface area (Å²) in [5.41, 5.74) is 15.7. The first-order valence-corrected chi connectivity index (χ1v) is 14.7. The Balaban J connectivity index is 1.63. The van der Waals surface area contributed by atoms with Crippen molar-refractivity contribution in [3.63, 3.8) is 0 Å². The highest BCUT2D eigenvalue weighted by atomic mass is 35.5. The average Bonchev–Trinajstić information content (AvgIpc) is 3.38. The minimum atomic E-state index is -0.381. The van der Waals surface area contributed by atoms with Crippen molar-refractivity contribution in [1.29, 1.82) is 0 Å². The molecule has 0 N–H and O–H groups in total. The van der Waals surface area contributed by atoms with Gasteiger partial charge in [0.15, 0.2) is 0 Å². The summed E-state index contributed by atoms with van der Waals surface area (Å²) in [6.45, 7) is 13.9. The SMILES string of the molecule is CC(C)(C)c1ccc2c(c1)C1(c3ccccc3-c3ccc(-c4cccc(Cl)c4)cc31)c1cc(C(C)(C)C)ccc1-2. The molecule has 40 heavy (non-hydrogen) atoms. The first kappa shape index (κ1) is 25.4. The quantitative estimate of drug-likeness (QED) is 0.195. The van der Waals surface area contributed by atoms with Crippen LogP contribution in [0.5, 0.6) is 0 Å². The lowest BCUT2D eigenvalue weighted by atomic mass is 9.68. The maximum Gasteiger partial charge on any atom is 0.0725 e. The van der Waals surface area contributed by atoms with Crippen molar-refractivity contribution in [2.24, 2.45) is 0 Å². The van der Waals surface area contributed by atoms with Crippen molar-refractivity contribution in [3.8, 4) is 33.4 Å². The average molecular weight is 539 g/mol. The van der Waals surface area contributed by atoms with E-state index in [0.29, 0.717) is 0 Å². The Bertz CT molecular complexity index is 1760. The van der Waals surface area contributed by atoms with E-state index in [1.807, 2.05) is 12.1 Å². The Kier molecular flexibility index (Phi) is 5.36. The van der Waals surface area contributed by atoms with Crippen LogP contribution in [0.3, 0.4) is 0 Å². The fraction of sp³-hybridized carbons (Fsp3) is 0.231. The minimum Gasteiger partial charge on any atom is -0.0843 e. The molecule has 0 heterocycles. The third-order valence-electron chi connectivity index (χ3n) is 9.07. The van der Waals surface area contributed by atoms with Crippen LogP contribution in [-0.4, -0.2) is 0 Å². The van der Waals surface area contributed by atoms with E-state index in [1.165, 1.54) is 61.2 Å². The van der Waals surface area contributed by atoms with E-state index in [1.54, 1.807) is 0 Å². The molecule has 0 radical (unpaired) electrons. The Morgan fingerprint density at radius 1 is 0.450 bits per heavy atom. The van der Waals surface area contributed by atoms with Crippen molar-refractivity contribution in [1.82, 2.24) is 0 Å². The van der Waals surface area contributed by atoms with Gasteiger partial charge in [-0.15, -0.1) is 0 Å². The lowest BCUT2D eigenvalue weighted by Crippen LogP contribution is -2.27. The van der Waals surface area contributed by atoms with Gasteiger partial charge in [0.25, 0.3) is 0 Å². The second-order valence-electron chi connectivity index (χ2n) is 13.6. The van der Waals surface area contributed by atoms with Gasteiger partial charge >= 0.3 is 0 Å². The predicted molar refractivity (Wildman–Crippen MR) is 171 cm³/mol. The second-order valence-corrected chi connectivity index (χ2v) is 14.0. The molecule has 2 aliphatic rings. The Morgan fingerprint density at radius 2 is 0.950 bits per heavy atom. The number of hydrogen-bond acceptors (Lipinski definition) is 0. The van der Waals surface area contributed by atoms with Gasteiger partial charge in [-0.05, 0) is 95.8 Å². The molecular formula is C39H35Cl. The first-order chi connectivity index (χ1) is 19.0. The molecule has 1 heteroatoms. The lowest BCUT2D eigenvalue weighted by Gasteiger charge is -2.33. The molecule has 1 spiro atoms. The molecule has 0 amide bonds. The van der Waals surface area contributed by atoms with Gasteiger partial charge in [0.1, 0.15) is 0 Å². The van der Waals surface area contributed by atoms with Crippen LogP contribution in [0, 0.1) is 0 Å². The molecule has 0 fully saturated rings. The van der Waals surface area contributed by atoms with E-state index in [4.69, 9.17) is 11.6 Å². The molecule has 5 aromatic rings. The summed E-state index contributed by atoms with van der Waals surface area (Å²) < 4.78 is 0. The van der Waals surface area contributed by atoms with Gasteiger partial charge < -0.3 is 0 Å². The van der Waals surface area contributed by atoms with Gasteiger partial charge in [0.05, 0.1) is 5.41 Å². The van der Waals surface area contributed by atoms with Crippen LogP contribution in [-0.2, 0) is 16.2 Å². The van der Waals surface area contributed by atoms with Crippen molar-refractivity contribution >= 4 is 11.6 Å². The zero-order valence-corrected chi connectivity index (χ0v) is 24.9. The summed E-state index contributed by atoms with van der Waals surface area (Å²) >= 11 is 6.46. The maximum absolute atomic E-state index is 6.46. The van der Waals surface area contributed by atoms with Gasteiger partial charge in [0, 0.05) is 5.02 Å². The summed E-state index contributed by atoms with van der Waals surface area (Å²) in [7, 11) is 0. The summed E-state index contributed by atoms with van der Waals surface area (Å²) in [6.07, 6.45) is 0. The highest BCUT2D eigenvalue weighted by Gasteiger charge is 2.52. The zero-order chi connectivity index (χ0) is 28.0. The number of hydrogen-bond donors (Lipinski definition) is 0. The number of benzene rings is 5. The molecule has 0 atom stereocenters. The molecule has 198 valence electrons. The third kappa shape index (κ3) is 3.52. The molecule has 2 aliphatic carbocycles. The molecule has 5 aromatic carbocycles. The van der Waals surface area contributed by atoms with Gasteiger partial charge in [-0.25, -0.2) is 0 Å². The Morgan fingerprint density at radius 3 is 1.52 bits per heavy atom. The van der Waals surface area contributed by atoms with Gasteiger partial charge in [-0.3, -0.25) is 0 Å². The summed E-state index contributed by atoms with van der Waals surface area (Å²) in [5, 5.41) is 0.761. The van der Waals surface area contributed by atoms with E-state index >= 15 is 0 Å². The van der Waals surface area contributed by atoms with Crippen LogP contribution in [0.2, 0.25) is 5.02 Å². The van der Waals surface area contributed by atoms with E-state index in [0.717, 1.165) is 10.6 Å². The molecule has 7 rings (SSSR count). The predicted octanol–water partition coefficient (Wildman–Crippen LogP) is 10.9. The standard InChI is InChI=1S/C39H35Cl/c1-37(2,3)26-15-18-31-32-19-16-27(38(4,5)6)23-36(32)39(35(31)22-26)33-13-8-7-12-29(33)30-17-14-25(21-34(30)39)24-10-9-11-28(40)20-24/h7-23H,1-6H3. The fourth-order valence-corrected chi connectivity index (χ4v) is 7.15. The lowest BCUT2D eigenvalue weighted by molar-refractivity contribution is 0.586. The topological polar surface area (TPSA) is 0 Å². The van der Waals surface area contributed by atoms with Gasteiger partial charge in [-0.2, -0.15) is 0 Å². The van der Waals surface area contributed by atoms with Crippen LogP contribution in [0.1, 0.15) is 74.9 Å². The van der Waals surface area contributed by atoms with E-state index in [2.05, 4.69) is 133 Å². The van der Waals surface area contributed by atoms with Gasteiger partial charge in [0.2, 0.25) is 0 Å². The molecule has 0 unspecified atom stereocenters. The summed E-state index contributed by atoms with van der Waals surface area (Å²) in [6, 6.07) is 38.7. The van der Waals surface area contributed by atoms with Crippen LogP contribution in [0.25, 0.3) is 33.4 Å². The van der Waals surface area contributed by atoms with Crippen LogP contribution >= 0.6 is 11.6 Å². The van der Waals surface area contributed by atoms with Crippen molar-refractivity contribution < 1.29 is 0 Å². The number of halogens is 1. The molecule has 0 saturated heterocycles. The minimum absolute atomic E-state index is 0.0468. The smallest absolute Gasteiger partial charge is 0.0725 e. The van der Waals surface area contributed by atoms with E-state index < -0.39 is 0 Å². The van der Waals surface area contributed by atoms with Crippen molar-refractivity contribution in [3.05, 3.63) is 142 Å². The number of rotatable bonds is 1. The molecular weight excluding hydrogens is 504 g/mol. The third-order valence-corrected chi connectivity index (χ3v) is 9.31. The van der Waals surface area contributed by atoms with Gasteiger partial charge in [-0.1, -0.05) is 138 Å².